The Balaban J connectivity index is 0.00000200. The molecule has 2 aliphatic rings. The van der Waals surface area contributed by atoms with Gasteiger partial charge in [0.05, 0.1) is 6.61 Å². The Labute approximate surface area is 246 Å². The standard InChI is InChI=1S/C32H39ClN2O.2ClH/c1-25-4-2-5-28(20-25)23-35-16-3-6-29-9-12-32(21-30(29)24-35)36-19-15-26-13-17-34(18-14-26)22-27-7-10-31(33)11-8-27;;/h2,4-5,7-12,20-21,26H,3,6,13-19,22-24H2,1H3;2*1H. The molecule has 0 atom stereocenters. The van der Waals surface area contributed by atoms with Crippen LogP contribution in [0.4, 0.5) is 0 Å². The van der Waals surface area contributed by atoms with Crippen molar-refractivity contribution in [2.75, 3.05) is 26.2 Å². The van der Waals surface area contributed by atoms with Gasteiger partial charge in [-0.25, -0.2) is 0 Å². The predicted molar refractivity (Wildman–Crippen MR) is 164 cm³/mol. The summed E-state index contributed by atoms with van der Waals surface area (Å²) in [5.74, 6) is 1.79. The molecule has 5 rings (SSSR count). The topological polar surface area (TPSA) is 15.7 Å². The second-order valence-electron chi connectivity index (χ2n) is 10.7. The van der Waals surface area contributed by atoms with Gasteiger partial charge in [0.1, 0.15) is 5.75 Å². The molecule has 206 valence electrons. The van der Waals surface area contributed by atoms with E-state index in [-0.39, 0.29) is 24.8 Å². The fourth-order valence-electron chi connectivity index (χ4n) is 5.72. The lowest BCUT2D eigenvalue weighted by Crippen LogP contribution is -2.33. The number of hydrogen-bond donors (Lipinski definition) is 0. The molecule has 38 heavy (non-hydrogen) atoms. The maximum atomic E-state index is 6.27. The number of nitrogens with zero attached hydrogens (tertiary/aromatic N) is 2. The van der Waals surface area contributed by atoms with E-state index >= 15 is 0 Å². The van der Waals surface area contributed by atoms with Gasteiger partial charge in [0.25, 0.3) is 0 Å². The summed E-state index contributed by atoms with van der Waals surface area (Å²) in [6, 6.07) is 24.0. The van der Waals surface area contributed by atoms with E-state index in [1.165, 1.54) is 60.2 Å². The van der Waals surface area contributed by atoms with Gasteiger partial charge in [-0.3, -0.25) is 9.80 Å². The summed E-state index contributed by atoms with van der Waals surface area (Å²) in [5.41, 5.74) is 7.02. The summed E-state index contributed by atoms with van der Waals surface area (Å²) < 4.78 is 6.27. The molecule has 1 saturated heterocycles. The second kappa shape index (κ2) is 15.1. The number of ether oxygens (including phenoxy) is 1. The average molecular weight is 576 g/mol. The molecule has 0 saturated carbocycles. The zero-order valence-corrected chi connectivity index (χ0v) is 24.8. The van der Waals surface area contributed by atoms with E-state index in [4.69, 9.17) is 16.3 Å². The van der Waals surface area contributed by atoms with E-state index in [0.29, 0.717) is 0 Å². The monoisotopic (exact) mass is 574 g/mol. The molecule has 0 aliphatic carbocycles. The van der Waals surface area contributed by atoms with Crippen LogP contribution in [0.3, 0.4) is 0 Å². The molecule has 0 spiro atoms. The Morgan fingerprint density at radius 2 is 1.58 bits per heavy atom. The average Bonchev–Trinajstić information content (AvgIpc) is 3.08. The quantitative estimate of drug-likeness (QED) is 0.270. The van der Waals surface area contributed by atoms with E-state index in [0.717, 1.165) is 62.3 Å². The van der Waals surface area contributed by atoms with Crippen LogP contribution < -0.4 is 4.74 Å². The summed E-state index contributed by atoms with van der Waals surface area (Å²) in [6.45, 7) is 9.52. The second-order valence-corrected chi connectivity index (χ2v) is 11.2. The van der Waals surface area contributed by atoms with E-state index < -0.39 is 0 Å². The van der Waals surface area contributed by atoms with Crippen LogP contribution in [-0.2, 0) is 26.1 Å². The van der Waals surface area contributed by atoms with E-state index in [2.05, 4.69) is 71.3 Å². The number of likely N-dealkylation sites (tertiary alicyclic amines) is 1. The van der Waals surface area contributed by atoms with Crippen molar-refractivity contribution in [3.63, 3.8) is 0 Å². The van der Waals surface area contributed by atoms with E-state index in [1.54, 1.807) is 0 Å². The molecule has 2 heterocycles. The number of benzene rings is 3. The Morgan fingerprint density at radius 3 is 2.34 bits per heavy atom. The highest BCUT2D eigenvalue weighted by Gasteiger charge is 2.20. The third kappa shape index (κ3) is 8.89. The number of aryl methyl sites for hydroxylation is 2. The number of fused-ring (bicyclic) bond motifs is 1. The molecule has 0 unspecified atom stereocenters. The van der Waals surface area contributed by atoms with Crippen LogP contribution in [0, 0.1) is 12.8 Å². The van der Waals surface area contributed by atoms with Crippen molar-refractivity contribution in [3.8, 4) is 5.75 Å². The van der Waals surface area contributed by atoms with Crippen molar-refractivity contribution in [3.05, 3.63) is 99.6 Å². The smallest absolute Gasteiger partial charge is 0.119 e. The van der Waals surface area contributed by atoms with Gasteiger partial charge in [0.15, 0.2) is 0 Å². The van der Waals surface area contributed by atoms with Gasteiger partial charge in [0, 0.05) is 24.7 Å². The molecule has 0 bridgehead atoms. The Kier molecular flexibility index (Phi) is 12.3. The van der Waals surface area contributed by atoms with Gasteiger partial charge in [-0.15, -0.1) is 24.8 Å². The molecule has 0 radical (unpaired) electrons. The minimum atomic E-state index is 0. The lowest BCUT2D eigenvalue weighted by Gasteiger charge is -2.32. The molecule has 0 amide bonds. The zero-order valence-electron chi connectivity index (χ0n) is 22.4. The third-order valence-electron chi connectivity index (χ3n) is 7.80. The first-order valence-electron chi connectivity index (χ1n) is 13.6. The van der Waals surface area contributed by atoms with Crippen LogP contribution in [0.15, 0.2) is 66.7 Å². The Bertz CT molecular complexity index is 1130. The summed E-state index contributed by atoms with van der Waals surface area (Å²) in [7, 11) is 0. The molecule has 0 N–H and O–H groups in total. The van der Waals surface area contributed by atoms with Crippen molar-refractivity contribution in [2.24, 2.45) is 5.92 Å². The van der Waals surface area contributed by atoms with Crippen LogP contribution in [0.25, 0.3) is 0 Å². The van der Waals surface area contributed by atoms with Crippen molar-refractivity contribution < 1.29 is 4.74 Å². The number of hydrogen-bond acceptors (Lipinski definition) is 3. The molecular weight excluding hydrogens is 535 g/mol. The molecule has 0 aromatic heterocycles. The fraction of sp³-hybridized carbons (Fsp3) is 0.438. The largest absolute Gasteiger partial charge is 0.494 e. The molecule has 3 nitrogen and oxygen atoms in total. The highest BCUT2D eigenvalue weighted by molar-refractivity contribution is 6.30. The van der Waals surface area contributed by atoms with Gasteiger partial charge in [-0.1, -0.05) is 59.6 Å². The Hall–Kier alpha value is -1.75. The van der Waals surface area contributed by atoms with Crippen molar-refractivity contribution in [1.29, 1.82) is 0 Å². The first-order chi connectivity index (χ1) is 17.6. The highest BCUT2D eigenvalue weighted by atomic mass is 35.5. The number of rotatable bonds is 8. The number of halogens is 3. The predicted octanol–water partition coefficient (Wildman–Crippen LogP) is 8.12. The van der Waals surface area contributed by atoms with Crippen molar-refractivity contribution in [1.82, 2.24) is 9.80 Å². The molecule has 3 aromatic rings. The summed E-state index contributed by atoms with van der Waals surface area (Å²) >= 11 is 6.02. The van der Waals surface area contributed by atoms with Crippen molar-refractivity contribution in [2.45, 2.75) is 58.7 Å². The van der Waals surface area contributed by atoms with Crippen LogP contribution >= 0.6 is 36.4 Å². The van der Waals surface area contributed by atoms with E-state index in [9.17, 15) is 0 Å². The van der Waals surface area contributed by atoms with Crippen LogP contribution in [-0.4, -0.2) is 36.0 Å². The molecule has 3 aromatic carbocycles. The number of piperidine rings is 1. The van der Waals surface area contributed by atoms with Gasteiger partial charge in [0.2, 0.25) is 0 Å². The van der Waals surface area contributed by atoms with Crippen molar-refractivity contribution >= 4 is 36.4 Å². The zero-order chi connectivity index (χ0) is 24.7. The van der Waals surface area contributed by atoms with Crippen LogP contribution in [0.2, 0.25) is 5.02 Å². The van der Waals surface area contributed by atoms with Gasteiger partial charge in [-0.2, -0.15) is 0 Å². The van der Waals surface area contributed by atoms with Gasteiger partial charge < -0.3 is 4.74 Å². The van der Waals surface area contributed by atoms with Crippen LogP contribution in [0.1, 0.15) is 53.5 Å². The molecule has 1 fully saturated rings. The summed E-state index contributed by atoms with van der Waals surface area (Å²) in [4.78, 5) is 5.15. The normalized spacial score (nSPS) is 16.6. The molecular formula is C32H41Cl3N2O. The van der Waals surface area contributed by atoms with E-state index in [1.807, 2.05) is 12.1 Å². The first-order valence-corrected chi connectivity index (χ1v) is 14.0. The fourth-order valence-corrected chi connectivity index (χ4v) is 5.85. The maximum Gasteiger partial charge on any atom is 0.119 e. The highest BCUT2D eigenvalue weighted by Crippen LogP contribution is 2.26. The summed E-state index contributed by atoms with van der Waals surface area (Å²) in [6.07, 6.45) is 6.04. The van der Waals surface area contributed by atoms with Gasteiger partial charge >= 0.3 is 0 Å². The third-order valence-corrected chi connectivity index (χ3v) is 8.05. The minimum Gasteiger partial charge on any atom is -0.494 e. The Morgan fingerprint density at radius 1 is 0.816 bits per heavy atom. The van der Waals surface area contributed by atoms with Crippen LogP contribution in [0.5, 0.6) is 5.75 Å². The SMILES string of the molecule is Cc1cccc(CN2CCCc3ccc(OCCC4CCN(Cc5ccc(Cl)cc5)CC4)cc3C2)c1.Cl.Cl. The maximum absolute atomic E-state index is 6.27. The lowest BCUT2D eigenvalue weighted by atomic mass is 9.93. The minimum absolute atomic E-state index is 0. The van der Waals surface area contributed by atoms with Gasteiger partial charge in [-0.05, 0) is 111 Å². The molecule has 2 aliphatic heterocycles. The molecule has 6 heteroatoms. The summed E-state index contributed by atoms with van der Waals surface area (Å²) in [5, 5.41) is 0.812. The first kappa shape index (κ1) is 30.8. The lowest BCUT2D eigenvalue weighted by molar-refractivity contribution is 0.157.